The third-order valence-electron chi connectivity index (χ3n) is 2.79. The molecule has 1 unspecified atom stereocenters. The Balaban J connectivity index is 0.00000400. The number of hydrogen-bond acceptors (Lipinski definition) is 3. The fraction of sp³-hybridized carbons (Fsp3) is 0.429. The van der Waals surface area contributed by atoms with Gasteiger partial charge in [-0.2, -0.15) is 0 Å². The number of carbonyl (C=O) groups excluding carboxylic acids is 2. The zero-order valence-corrected chi connectivity index (χ0v) is 14.3. The average Bonchev–Trinajstić information content (AvgIpc) is 2.45. The number of halogens is 2. The maximum absolute atomic E-state index is 11.8. The predicted molar refractivity (Wildman–Crippen MR) is 89.6 cm³/mol. The zero-order valence-electron chi connectivity index (χ0n) is 11.9. The summed E-state index contributed by atoms with van der Waals surface area (Å²) in [6.45, 7) is 3.39. The van der Waals surface area contributed by atoms with Crippen LogP contribution < -0.4 is 16.4 Å². The topological polar surface area (TPSA) is 84.2 Å². The van der Waals surface area contributed by atoms with E-state index in [1.807, 2.05) is 6.92 Å². The molecule has 4 N–H and O–H groups in total. The van der Waals surface area contributed by atoms with E-state index in [0.29, 0.717) is 25.2 Å². The van der Waals surface area contributed by atoms with Gasteiger partial charge >= 0.3 is 0 Å². The summed E-state index contributed by atoms with van der Waals surface area (Å²) in [5, 5.41) is 5.49. The van der Waals surface area contributed by atoms with Crippen LogP contribution in [0.4, 0.5) is 0 Å². The first-order valence-corrected chi connectivity index (χ1v) is 7.32. The fourth-order valence-electron chi connectivity index (χ4n) is 1.45. The molecule has 0 aromatic heterocycles. The second-order valence-electron chi connectivity index (χ2n) is 4.66. The molecular formula is C14H21BrClN3O2. The summed E-state index contributed by atoms with van der Waals surface area (Å²) in [4.78, 5) is 23.3. The number of hydrogen-bond donors (Lipinski definition) is 3. The summed E-state index contributed by atoms with van der Waals surface area (Å²) in [6.07, 6.45) is 0.263. The first kappa shape index (κ1) is 19.9. The molecule has 1 rings (SSSR count). The summed E-state index contributed by atoms with van der Waals surface area (Å²) in [5.74, 6) is -0.00154. The van der Waals surface area contributed by atoms with Crippen molar-refractivity contribution >= 4 is 40.2 Å². The molecule has 0 radical (unpaired) electrons. The standard InChI is InChI=1S/C14H20BrN3O2.ClH/c1-10(8-16)9-18-13(19)6-7-17-14(20)11-2-4-12(15)5-3-11;/h2-5,10H,6-9,16H2,1H3,(H,17,20)(H,18,19);1H. The molecule has 1 aromatic rings. The molecule has 7 heteroatoms. The lowest BCUT2D eigenvalue weighted by molar-refractivity contribution is -0.121. The molecule has 0 aliphatic heterocycles. The minimum atomic E-state index is -0.180. The number of benzene rings is 1. The third-order valence-corrected chi connectivity index (χ3v) is 3.32. The highest BCUT2D eigenvalue weighted by Gasteiger charge is 2.07. The highest BCUT2D eigenvalue weighted by molar-refractivity contribution is 9.10. The van der Waals surface area contributed by atoms with Crippen LogP contribution >= 0.6 is 28.3 Å². The van der Waals surface area contributed by atoms with Gasteiger partial charge in [-0.15, -0.1) is 12.4 Å². The van der Waals surface area contributed by atoms with Crippen molar-refractivity contribution in [3.05, 3.63) is 34.3 Å². The van der Waals surface area contributed by atoms with Crippen LogP contribution in [0.1, 0.15) is 23.7 Å². The molecule has 1 atom stereocenters. The lowest BCUT2D eigenvalue weighted by atomic mass is 10.2. The van der Waals surface area contributed by atoms with Crippen LogP contribution in [-0.2, 0) is 4.79 Å². The summed E-state index contributed by atoms with van der Waals surface area (Å²) in [5.41, 5.74) is 6.04. The van der Waals surface area contributed by atoms with Crippen molar-refractivity contribution in [3.63, 3.8) is 0 Å². The zero-order chi connectivity index (χ0) is 15.0. The second kappa shape index (κ2) is 10.6. The van der Waals surface area contributed by atoms with Crippen LogP contribution in [0, 0.1) is 5.92 Å². The summed E-state index contributed by atoms with van der Waals surface area (Å²) in [6, 6.07) is 7.05. The maximum Gasteiger partial charge on any atom is 0.251 e. The highest BCUT2D eigenvalue weighted by atomic mass is 79.9. The van der Waals surface area contributed by atoms with E-state index in [1.165, 1.54) is 0 Å². The molecule has 0 aliphatic rings. The van der Waals surface area contributed by atoms with E-state index in [4.69, 9.17) is 5.73 Å². The molecular weight excluding hydrogens is 358 g/mol. The molecule has 0 heterocycles. The first-order valence-electron chi connectivity index (χ1n) is 6.53. The monoisotopic (exact) mass is 377 g/mol. The molecule has 2 amide bonds. The Kier molecular flexibility index (Phi) is 10.0. The Morgan fingerprint density at radius 2 is 1.86 bits per heavy atom. The van der Waals surface area contributed by atoms with Crippen molar-refractivity contribution in [1.82, 2.24) is 10.6 Å². The molecule has 118 valence electrons. The van der Waals surface area contributed by atoms with E-state index in [1.54, 1.807) is 24.3 Å². The Bertz CT molecular complexity index is 454. The Morgan fingerprint density at radius 3 is 2.43 bits per heavy atom. The van der Waals surface area contributed by atoms with Gasteiger partial charge in [-0.25, -0.2) is 0 Å². The van der Waals surface area contributed by atoms with E-state index in [9.17, 15) is 9.59 Å². The lowest BCUT2D eigenvalue weighted by Gasteiger charge is -2.10. The summed E-state index contributed by atoms with van der Waals surface area (Å²) >= 11 is 3.31. The molecule has 0 fully saturated rings. The largest absolute Gasteiger partial charge is 0.356 e. The molecule has 0 aliphatic carbocycles. The normalized spacial score (nSPS) is 11.2. The number of nitrogens with one attached hydrogen (secondary N) is 2. The molecule has 1 aromatic carbocycles. The fourth-order valence-corrected chi connectivity index (χ4v) is 1.72. The molecule has 0 saturated carbocycles. The highest BCUT2D eigenvalue weighted by Crippen LogP contribution is 2.10. The van der Waals surface area contributed by atoms with Crippen molar-refractivity contribution in [3.8, 4) is 0 Å². The molecule has 0 spiro atoms. The van der Waals surface area contributed by atoms with Crippen molar-refractivity contribution in [2.24, 2.45) is 11.7 Å². The second-order valence-corrected chi connectivity index (χ2v) is 5.57. The van der Waals surface area contributed by atoms with Gasteiger partial charge in [0, 0.05) is 29.5 Å². The van der Waals surface area contributed by atoms with Crippen molar-refractivity contribution < 1.29 is 9.59 Å². The molecule has 0 bridgehead atoms. The summed E-state index contributed by atoms with van der Waals surface area (Å²) in [7, 11) is 0. The van der Waals surface area contributed by atoms with Gasteiger partial charge in [0.15, 0.2) is 0 Å². The van der Waals surface area contributed by atoms with Crippen LogP contribution in [0.5, 0.6) is 0 Å². The SMILES string of the molecule is CC(CN)CNC(=O)CCNC(=O)c1ccc(Br)cc1.Cl. The van der Waals surface area contributed by atoms with Crippen LogP contribution in [0.3, 0.4) is 0 Å². The van der Waals surface area contributed by atoms with Crippen molar-refractivity contribution in [1.29, 1.82) is 0 Å². The van der Waals surface area contributed by atoms with Gasteiger partial charge in [-0.05, 0) is 36.7 Å². The smallest absolute Gasteiger partial charge is 0.251 e. The van der Waals surface area contributed by atoms with Crippen molar-refractivity contribution in [2.75, 3.05) is 19.6 Å². The summed E-state index contributed by atoms with van der Waals surface area (Å²) < 4.78 is 0.919. The Morgan fingerprint density at radius 1 is 1.24 bits per heavy atom. The van der Waals surface area contributed by atoms with E-state index in [-0.39, 0.29) is 36.6 Å². The number of rotatable bonds is 7. The van der Waals surface area contributed by atoms with Gasteiger partial charge < -0.3 is 16.4 Å². The van der Waals surface area contributed by atoms with E-state index < -0.39 is 0 Å². The lowest BCUT2D eigenvalue weighted by Crippen LogP contribution is -2.34. The Hall–Kier alpha value is -1.11. The van der Waals surface area contributed by atoms with Crippen LogP contribution in [0.2, 0.25) is 0 Å². The van der Waals surface area contributed by atoms with Crippen LogP contribution in [0.15, 0.2) is 28.7 Å². The van der Waals surface area contributed by atoms with Gasteiger partial charge in [-0.1, -0.05) is 22.9 Å². The number of nitrogens with two attached hydrogens (primary N) is 1. The van der Waals surface area contributed by atoms with Gasteiger partial charge in [-0.3, -0.25) is 9.59 Å². The Labute approximate surface area is 139 Å². The number of amides is 2. The van der Waals surface area contributed by atoms with Crippen LogP contribution in [0.25, 0.3) is 0 Å². The molecule has 5 nitrogen and oxygen atoms in total. The predicted octanol–water partition coefficient (Wildman–Crippen LogP) is 1.70. The number of carbonyl (C=O) groups is 2. The maximum atomic E-state index is 11.8. The third kappa shape index (κ3) is 8.04. The average molecular weight is 379 g/mol. The minimum absolute atomic E-state index is 0. The quantitative estimate of drug-likeness (QED) is 0.675. The van der Waals surface area contributed by atoms with E-state index in [0.717, 1.165) is 4.47 Å². The van der Waals surface area contributed by atoms with Crippen LogP contribution in [-0.4, -0.2) is 31.4 Å². The van der Waals surface area contributed by atoms with Crippen molar-refractivity contribution in [2.45, 2.75) is 13.3 Å². The minimum Gasteiger partial charge on any atom is -0.356 e. The first-order chi connectivity index (χ1) is 9.52. The molecule has 21 heavy (non-hydrogen) atoms. The van der Waals surface area contributed by atoms with Gasteiger partial charge in [0.25, 0.3) is 5.91 Å². The molecule has 0 saturated heterocycles. The van der Waals surface area contributed by atoms with Gasteiger partial charge in [0.1, 0.15) is 0 Å². The van der Waals surface area contributed by atoms with Gasteiger partial charge in [0.05, 0.1) is 0 Å². The van der Waals surface area contributed by atoms with Gasteiger partial charge in [0.2, 0.25) is 5.91 Å². The van der Waals surface area contributed by atoms with E-state index in [2.05, 4.69) is 26.6 Å². The van der Waals surface area contributed by atoms with E-state index >= 15 is 0 Å².